The van der Waals surface area contributed by atoms with Gasteiger partial charge in [-0.1, -0.05) is 0 Å². The summed E-state index contributed by atoms with van der Waals surface area (Å²) in [4.78, 5) is 21.5. The highest BCUT2D eigenvalue weighted by atomic mass is 32.1. The lowest BCUT2D eigenvalue weighted by Crippen LogP contribution is -2.14. The molecule has 0 unspecified atom stereocenters. The molecule has 3 aromatic rings. The van der Waals surface area contributed by atoms with E-state index in [1.54, 1.807) is 10.6 Å². The third kappa shape index (κ3) is 2.80. The van der Waals surface area contributed by atoms with Crippen LogP contribution in [0.2, 0.25) is 0 Å². The van der Waals surface area contributed by atoms with Gasteiger partial charge in [-0.3, -0.25) is 9.20 Å². The smallest absolute Gasteiger partial charge is 0.305 e. The Bertz CT molecular complexity index is 804. The summed E-state index contributed by atoms with van der Waals surface area (Å²) in [5.74, 6) is -0.494. The van der Waals surface area contributed by atoms with Crippen LogP contribution in [0.5, 0.6) is 0 Å². The number of hydrogen-bond donors (Lipinski definition) is 1. The normalized spacial score (nSPS) is 11.8. The molecule has 3 rings (SSSR count). The number of hydrogen-bond acceptors (Lipinski definition) is 4. The van der Waals surface area contributed by atoms with Crippen molar-refractivity contribution in [1.29, 1.82) is 0 Å². The van der Waals surface area contributed by atoms with Crippen molar-refractivity contribution in [3.05, 3.63) is 46.9 Å². The number of alkyl halides is 3. The molecule has 3 aromatic heterocycles. The Balaban J connectivity index is 1.77. The highest BCUT2D eigenvalue weighted by molar-refractivity contribution is 7.17. The fourth-order valence-electron chi connectivity index (χ4n) is 1.84. The van der Waals surface area contributed by atoms with E-state index in [9.17, 15) is 18.0 Å². The molecule has 1 amide bonds. The number of amides is 1. The molecule has 9 heteroatoms. The van der Waals surface area contributed by atoms with Crippen LogP contribution < -0.4 is 5.32 Å². The van der Waals surface area contributed by atoms with Gasteiger partial charge in [0.1, 0.15) is 11.5 Å². The molecule has 114 valence electrons. The number of nitrogens with zero attached hydrogens (tertiary/aromatic N) is 3. The monoisotopic (exact) mass is 326 g/mol. The largest absolute Gasteiger partial charge is 0.417 e. The van der Waals surface area contributed by atoms with Gasteiger partial charge in [-0.2, -0.15) is 13.2 Å². The van der Waals surface area contributed by atoms with E-state index in [0.29, 0.717) is 11.2 Å². The van der Waals surface area contributed by atoms with E-state index in [-0.39, 0.29) is 11.5 Å². The molecule has 0 saturated carbocycles. The van der Waals surface area contributed by atoms with Crippen molar-refractivity contribution in [3.8, 4) is 0 Å². The fraction of sp³-hybridized carbons (Fsp3) is 0.154. The van der Waals surface area contributed by atoms with E-state index in [0.717, 1.165) is 17.0 Å². The lowest BCUT2D eigenvalue weighted by atomic mass is 10.3. The third-order valence-corrected chi connectivity index (χ3v) is 3.75. The maximum Gasteiger partial charge on any atom is 0.417 e. The summed E-state index contributed by atoms with van der Waals surface area (Å²) < 4.78 is 39.0. The van der Waals surface area contributed by atoms with E-state index < -0.39 is 17.6 Å². The zero-order valence-electron chi connectivity index (χ0n) is 11.2. The van der Waals surface area contributed by atoms with Crippen molar-refractivity contribution in [3.63, 3.8) is 0 Å². The van der Waals surface area contributed by atoms with Crippen LogP contribution in [0.3, 0.4) is 0 Å². The Hall–Kier alpha value is -2.42. The molecule has 22 heavy (non-hydrogen) atoms. The van der Waals surface area contributed by atoms with Crippen molar-refractivity contribution in [1.82, 2.24) is 14.4 Å². The second-order valence-electron chi connectivity index (χ2n) is 4.54. The average molecular weight is 326 g/mol. The number of carbonyl (C=O) groups excluding carboxylic acids is 1. The lowest BCUT2D eigenvalue weighted by Gasteiger charge is -2.07. The van der Waals surface area contributed by atoms with E-state index >= 15 is 0 Å². The Kier molecular flexibility index (Phi) is 3.36. The minimum atomic E-state index is -4.46. The van der Waals surface area contributed by atoms with E-state index in [4.69, 9.17) is 0 Å². The summed E-state index contributed by atoms with van der Waals surface area (Å²) in [7, 11) is 0. The maximum absolute atomic E-state index is 12.4. The Morgan fingerprint density at radius 1 is 1.32 bits per heavy atom. The van der Waals surface area contributed by atoms with Gasteiger partial charge < -0.3 is 5.32 Å². The first-order valence-corrected chi connectivity index (χ1v) is 6.94. The zero-order valence-corrected chi connectivity index (χ0v) is 12.0. The van der Waals surface area contributed by atoms with Crippen LogP contribution in [-0.4, -0.2) is 20.3 Å². The molecule has 0 aromatic carbocycles. The summed E-state index contributed by atoms with van der Waals surface area (Å²) in [6.07, 6.45) is -0.398. The topological polar surface area (TPSA) is 59.3 Å². The minimum Gasteiger partial charge on any atom is -0.305 e. The predicted molar refractivity (Wildman–Crippen MR) is 75.0 cm³/mol. The van der Waals surface area contributed by atoms with Gasteiger partial charge in [0.15, 0.2) is 4.96 Å². The molecule has 1 N–H and O–H groups in total. The SMILES string of the molecule is Cc1cn2cc(C(=O)Nc3ccc(C(F)(F)F)cn3)nc2s1. The molecule has 0 aliphatic rings. The van der Waals surface area contributed by atoms with Crippen molar-refractivity contribution < 1.29 is 18.0 Å². The van der Waals surface area contributed by atoms with Crippen LogP contribution >= 0.6 is 11.3 Å². The summed E-state index contributed by atoms with van der Waals surface area (Å²) in [6.45, 7) is 1.92. The number of nitrogens with one attached hydrogen (secondary N) is 1. The van der Waals surface area contributed by atoms with E-state index in [2.05, 4.69) is 15.3 Å². The zero-order chi connectivity index (χ0) is 15.9. The van der Waals surface area contributed by atoms with Crippen molar-refractivity contribution in [2.45, 2.75) is 13.1 Å². The molecule has 0 saturated heterocycles. The minimum absolute atomic E-state index is 0.0329. The summed E-state index contributed by atoms with van der Waals surface area (Å²) in [6, 6.07) is 1.96. The van der Waals surface area contributed by atoms with Crippen LogP contribution in [0.25, 0.3) is 4.96 Å². The van der Waals surface area contributed by atoms with E-state index in [1.165, 1.54) is 11.3 Å². The highest BCUT2D eigenvalue weighted by Gasteiger charge is 2.30. The molecule has 0 bridgehead atoms. The molecular formula is C13H9F3N4OS. The Morgan fingerprint density at radius 2 is 2.09 bits per heavy atom. The summed E-state index contributed by atoms with van der Waals surface area (Å²) in [5.41, 5.74) is -0.698. The van der Waals surface area contributed by atoms with Gasteiger partial charge in [0, 0.05) is 23.5 Å². The number of carbonyl (C=O) groups is 1. The fourth-order valence-corrected chi connectivity index (χ4v) is 2.65. The highest BCUT2D eigenvalue weighted by Crippen LogP contribution is 2.28. The summed E-state index contributed by atoms with van der Waals surface area (Å²) in [5, 5.41) is 2.41. The molecular weight excluding hydrogens is 317 g/mol. The number of anilines is 1. The van der Waals surface area contributed by atoms with Crippen molar-refractivity contribution in [2.75, 3.05) is 5.32 Å². The van der Waals surface area contributed by atoms with Crippen LogP contribution in [0.1, 0.15) is 20.9 Å². The molecule has 0 aliphatic carbocycles. The van der Waals surface area contributed by atoms with Gasteiger partial charge in [0.2, 0.25) is 0 Å². The van der Waals surface area contributed by atoms with Gasteiger partial charge in [-0.15, -0.1) is 11.3 Å². The van der Waals surface area contributed by atoms with Crippen LogP contribution in [0.4, 0.5) is 19.0 Å². The lowest BCUT2D eigenvalue weighted by molar-refractivity contribution is -0.137. The van der Waals surface area contributed by atoms with Gasteiger partial charge in [-0.25, -0.2) is 9.97 Å². The molecule has 0 spiro atoms. The predicted octanol–water partition coefficient (Wildman–Crippen LogP) is 3.37. The molecule has 5 nitrogen and oxygen atoms in total. The van der Waals surface area contributed by atoms with Crippen LogP contribution in [-0.2, 0) is 6.18 Å². The maximum atomic E-state index is 12.4. The Labute approximate surface area is 126 Å². The first-order chi connectivity index (χ1) is 10.3. The second kappa shape index (κ2) is 5.09. The van der Waals surface area contributed by atoms with Crippen LogP contribution in [0, 0.1) is 6.92 Å². The number of thiazole rings is 1. The number of fused-ring (bicyclic) bond motifs is 1. The van der Waals surface area contributed by atoms with Gasteiger partial charge in [-0.05, 0) is 19.1 Å². The first-order valence-electron chi connectivity index (χ1n) is 6.13. The molecule has 0 atom stereocenters. The number of rotatable bonds is 2. The molecule has 0 fully saturated rings. The van der Waals surface area contributed by atoms with Gasteiger partial charge in [0.25, 0.3) is 5.91 Å². The third-order valence-electron chi connectivity index (χ3n) is 2.84. The van der Waals surface area contributed by atoms with Crippen molar-refractivity contribution >= 4 is 28.0 Å². The van der Waals surface area contributed by atoms with Gasteiger partial charge >= 0.3 is 6.18 Å². The van der Waals surface area contributed by atoms with Crippen LogP contribution in [0.15, 0.2) is 30.7 Å². The number of pyridine rings is 1. The standard InChI is InChI=1S/C13H9F3N4OS/c1-7-5-20-6-9(18-12(20)22-7)11(21)19-10-3-2-8(4-17-10)13(14,15)16/h2-6H,1H3,(H,17,19,21). The van der Waals surface area contributed by atoms with Gasteiger partial charge in [0.05, 0.1) is 5.56 Å². The first kappa shape index (κ1) is 14.5. The van der Waals surface area contributed by atoms with Crippen molar-refractivity contribution in [2.24, 2.45) is 0 Å². The average Bonchev–Trinajstić information content (AvgIpc) is 2.95. The number of halogens is 3. The quantitative estimate of drug-likeness (QED) is 0.785. The number of aromatic nitrogens is 3. The molecule has 3 heterocycles. The number of aryl methyl sites for hydroxylation is 1. The molecule has 0 radical (unpaired) electrons. The summed E-state index contributed by atoms with van der Waals surface area (Å²) >= 11 is 1.43. The molecule has 0 aliphatic heterocycles. The Morgan fingerprint density at radius 3 is 2.68 bits per heavy atom. The second-order valence-corrected chi connectivity index (χ2v) is 5.76. The number of imidazole rings is 1. The van der Waals surface area contributed by atoms with E-state index in [1.807, 2.05) is 13.1 Å².